The molecular formula is C14H18N2O3. The number of likely N-dealkylation sites (tertiary alicyclic amines) is 1. The summed E-state index contributed by atoms with van der Waals surface area (Å²) >= 11 is 0. The predicted octanol–water partition coefficient (Wildman–Crippen LogP) is 0.659. The van der Waals surface area contributed by atoms with E-state index in [0.717, 1.165) is 5.56 Å². The van der Waals surface area contributed by atoms with Gasteiger partial charge in [-0.3, -0.25) is 9.59 Å². The average molecular weight is 262 g/mol. The molecule has 5 heteroatoms. The van der Waals surface area contributed by atoms with E-state index in [9.17, 15) is 14.7 Å². The van der Waals surface area contributed by atoms with E-state index in [0.29, 0.717) is 19.5 Å². The fourth-order valence-corrected chi connectivity index (χ4v) is 2.33. The van der Waals surface area contributed by atoms with Crippen molar-refractivity contribution < 1.29 is 14.7 Å². The lowest BCUT2D eigenvalue weighted by Crippen LogP contribution is -2.39. The van der Waals surface area contributed by atoms with Crippen molar-refractivity contribution in [1.29, 1.82) is 0 Å². The maximum absolute atomic E-state index is 12.1. The van der Waals surface area contributed by atoms with Gasteiger partial charge in [0.25, 0.3) is 0 Å². The lowest BCUT2D eigenvalue weighted by Gasteiger charge is -2.21. The number of hydrogen-bond acceptors (Lipinski definition) is 3. The Bertz CT molecular complexity index is 515. The molecule has 0 saturated carbocycles. The zero-order valence-electron chi connectivity index (χ0n) is 10.9. The molecule has 1 atom stereocenters. The molecule has 1 saturated heterocycles. The van der Waals surface area contributed by atoms with Crippen LogP contribution in [0, 0.1) is 5.41 Å². The minimum Gasteiger partial charge on any atom is -0.508 e. The molecule has 1 heterocycles. The van der Waals surface area contributed by atoms with Crippen LogP contribution in [0.25, 0.3) is 0 Å². The summed E-state index contributed by atoms with van der Waals surface area (Å²) < 4.78 is 0. The van der Waals surface area contributed by atoms with Crippen LogP contribution in [0.2, 0.25) is 0 Å². The third-order valence-corrected chi connectivity index (χ3v) is 3.69. The normalized spacial score (nSPS) is 22.5. The molecule has 5 nitrogen and oxygen atoms in total. The number of nitrogens with two attached hydrogens (primary N) is 1. The molecule has 3 N–H and O–H groups in total. The van der Waals surface area contributed by atoms with E-state index in [2.05, 4.69) is 0 Å². The van der Waals surface area contributed by atoms with Crippen molar-refractivity contribution in [2.45, 2.75) is 19.8 Å². The molecular weight excluding hydrogens is 244 g/mol. The van der Waals surface area contributed by atoms with E-state index in [1.54, 1.807) is 36.1 Å². The van der Waals surface area contributed by atoms with Crippen molar-refractivity contribution in [1.82, 2.24) is 4.90 Å². The minimum absolute atomic E-state index is 0.0458. The molecule has 2 rings (SSSR count). The summed E-state index contributed by atoms with van der Waals surface area (Å²) in [5, 5.41) is 9.36. The van der Waals surface area contributed by atoms with Crippen LogP contribution in [0.3, 0.4) is 0 Å². The van der Waals surface area contributed by atoms with Crippen molar-refractivity contribution in [3.05, 3.63) is 29.8 Å². The largest absolute Gasteiger partial charge is 0.508 e. The van der Waals surface area contributed by atoms with Crippen LogP contribution in [0.5, 0.6) is 5.75 Å². The number of benzene rings is 1. The Hall–Kier alpha value is -2.04. The first-order valence-corrected chi connectivity index (χ1v) is 6.26. The lowest BCUT2D eigenvalue weighted by atomic mass is 9.89. The molecule has 1 aliphatic heterocycles. The fourth-order valence-electron chi connectivity index (χ4n) is 2.33. The Labute approximate surface area is 112 Å². The summed E-state index contributed by atoms with van der Waals surface area (Å²) in [6, 6.07) is 6.63. The zero-order valence-corrected chi connectivity index (χ0v) is 10.9. The number of aromatic hydroxyl groups is 1. The Morgan fingerprint density at radius 2 is 2.21 bits per heavy atom. The molecule has 102 valence electrons. The van der Waals surface area contributed by atoms with E-state index >= 15 is 0 Å². The molecule has 1 fully saturated rings. The van der Waals surface area contributed by atoms with Crippen LogP contribution in [0.1, 0.15) is 18.9 Å². The summed E-state index contributed by atoms with van der Waals surface area (Å²) in [5.41, 5.74) is 5.50. The monoisotopic (exact) mass is 262 g/mol. The number of carbonyl (C=O) groups excluding carboxylic acids is 2. The first kappa shape index (κ1) is 13.4. The molecule has 1 unspecified atom stereocenters. The molecule has 0 aliphatic carbocycles. The highest BCUT2D eigenvalue weighted by molar-refractivity contribution is 5.84. The van der Waals surface area contributed by atoms with E-state index in [4.69, 9.17) is 5.73 Å². The Balaban J connectivity index is 2.01. The van der Waals surface area contributed by atoms with Crippen molar-refractivity contribution in [3.63, 3.8) is 0 Å². The smallest absolute Gasteiger partial charge is 0.227 e. The number of rotatable bonds is 3. The van der Waals surface area contributed by atoms with E-state index < -0.39 is 5.41 Å². The van der Waals surface area contributed by atoms with Gasteiger partial charge in [0, 0.05) is 13.1 Å². The molecule has 19 heavy (non-hydrogen) atoms. The number of nitrogens with zero attached hydrogens (tertiary/aromatic N) is 1. The summed E-state index contributed by atoms with van der Waals surface area (Å²) in [7, 11) is 0. The Morgan fingerprint density at radius 1 is 1.47 bits per heavy atom. The van der Waals surface area contributed by atoms with Gasteiger partial charge in [0.15, 0.2) is 0 Å². The summed E-state index contributed by atoms with van der Waals surface area (Å²) in [4.78, 5) is 25.1. The first-order chi connectivity index (χ1) is 8.90. The van der Waals surface area contributed by atoms with Gasteiger partial charge < -0.3 is 15.7 Å². The molecule has 1 aromatic rings. The Kier molecular flexibility index (Phi) is 3.46. The standard InChI is InChI=1S/C14H18N2O3/c1-14(13(15)19)5-6-16(9-14)12(18)8-10-3-2-4-11(17)7-10/h2-4,7,17H,5-6,8-9H2,1H3,(H2,15,19). The SMILES string of the molecule is CC1(C(N)=O)CCN(C(=O)Cc2cccc(O)c2)C1. The van der Waals surface area contributed by atoms with Gasteiger partial charge in [-0.1, -0.05) is 12.1 Å². The highest BCUT2D eigenvalue weighted by Gasteiger charge is 2.40. The summed E-state index contributed by atoms with van der Waals surface area (Å²) in [6.07, 6.45) is 0.831. The predicted molar refractivity (Wildman–Crippen MR) is 70.3 cm³/mol. The summed E-state index contributed by atoms with van der Waals surface area (Å²) in [6.45, 7) is 2.72. The molecule has 0 aromatic heterocycles. The molecule has 0 spiro atoms. The van der Waals surface area contributed by atoms with Crippen LogP contribution in [-0.2, 0) is 16.0 Å². The Morgan fingerprint density at radius 3 is 2.79 bits per heavy atom. The van der Waals surface area contributed by atoms with Crippen LogP contribution >= 0.6 is 0 Å². The molecule has 0 radical (unpaired) electrons. The minimum atomic E-state index is -0.617. The lowest BCUT2D eigenvalue weighted by molar-refractivity contribution is -0.131. The van der Waals surface area contributed by atoms with E-state index in [1.165, 1.54) is 0 Å². The third kappa shape index (κ3) is 2.86. The van der Waals surface area contributed by atoms with Gasteiger partial charge in [-0.25, -0.2) is 0 Å². The number of phenols is 1. The number of carbonyl (C=O) groups is 2. The average Bonchev–Trinajstić information content (AvgIpc) is 2.73. The number of hydrogen-bond donors (Lipinski definition) is 2. The second-order valence-corrected chi connectivity index (χ2v) is 5.34. The van der Waals surface area contributed by atoms with Crippen molar-refractivity contribution in [2.24, 2.45) is 11.1 Å². The molecule has 2 amide bonds. The van der Waals surface area contributed by atoms with Gasteiger partial charge in [-0.05, 0) is 31.0 Å². The molecule has 0 bridgehead atoms. The number of amides is 2. The topological polar surface area (TPSA) is 83.6 Å². The van der Waals surface area contributed by atoms with Crippen molar-refractivity contribution >= 4 is 11.8 Å². The second kappa shape index (κ2) is 4.91. The highest BCUT2D eigenvalue weighted by atomic mass is 16.3. The van der Waals surface area contributed by atoms with Gasteiger partial charge in [-0.15, -0.1) is 0 Å². The number of primary amides is 1. The summed E-state index contributed by atoms with van der Waals surface area (Å²) in [5.74, 6) is -0.260. The van der Waals surface area contributed by atoms with Crippen LogP contribution in [-0.4, -0.2) is 34.9 Å². The van der Waals surface area contributed by atoms with Gasteiger partial charge in [0.1, 0.15) is 5.75 Å². The van der Waals surface area contributed by atoms with Crippen molar-refractivity contribution in [3.8, 4) is 5.75 Å². The maximum atomic E-state index is 12.1. The molecule has 1 aliphatic rings. The van der Waals surface area contributed by atoms with Gasteiger partial charge in [0.05, 0.1) is 11.8 Å². The second-order valence-electron chi connectivity index (χ2n) is 5.34. The van der Waals surface area contributed by atoms with Gasteiger partial charge in [-0.2, -0.15) is 0 Å². The zero-order chi connectivity index (χ0) is 14.0. The number of phenolic OH excluding ortho intramolecular Hbond substituents is 1. The van der Waals surface area contributed by atoms with Crippen LogP contribution in [0.15, 0.2) is 24.3 Å². The quantitative estimate of drug-likeness (QED) is 0.839. The highest BCUT2D eigenvalue weighted by Crippen LogP contribution is 2.29. The van der Waals surface area contributed by atoms with Crippen LogP contribution in [0.4, 0.5) is 0 Å². The van der Waals surface area contributed by atoms with E-state index in [1.807, 2.05) is 0 Å². The van der Waals surface area contributed by atoms with Gasteiger partial charge in [0.2, 0.25) is 11.8 Å². The van der Waals surface area contributed by atoms with Crippen molar-refractivity contribution in [2.75, 3.05) is 13.1 Å². The van der Waals surface area contributed by atoms with Gasteiger partial charge >= 0.3 is 0 Å². The van der Waals surface area contributed by atoms with E-state index in [-0.39, 0.29) is 24.0 Å². The molecule has 1 aromatic carbocycles. The van der Waals surface area contributed by atoms with Crippen LogP contribution < -0.4 is 5.73 Å². The fraction of sp³-hybridized carbons (Fsp3) is 0.429. The third-order valence-electron chi connectivity index (χ3n) is 3.69. The maximum Gasteiger partial charge on any atom is 0.227 e. The first-order valence-electron chi connectivity index (χ1n) is 6.26.